The van der Waals surface area contributed by atoms with Crippen LogP contribution in [0.25, 0.3) is 0 Å². The van der Waals surface area contributed by atoms with Gasteiger partial charge in [0.1, 0.15) is 23.0 Å². The van der Waals surface area contributed by atoms with Crippen LogP contribution in [0.2, 0.25) is 0 Å². The Morgan fingerprint density at radius 3 is 0.980 bits per heavy atom. The zero-order valence-corrected chi connectivity index (χ0v) is 32.2. The van der Waals surface area contributed by atoms with E-state index in [1.165, 1.54) is 0 Å². The molecular weight excluding hydrogens is 670 g/mol. The van der Waals surface area contributed by atoms with Crippen LogP contribution in [0, 0.1) is 0 Å². The molecule has 8 nitrogen and oxygen atoms in total. The fourth-order valence-electron chi connectivity index (χ4n) is 6.56. The summed E-state index contributed by atoms with van der Waals surface area (Å²) in [5, 5.41) is 4.35. The molecule has 0 bridgehead atoms. The summed E-state index contributed by atoms with van der Waals surface area (Å²) in [4.78, 5) is 0. The first-order chi connectivity index (χ1) is 24.3. The van der Waals surface area contributed by atoms with Gasteiger partial charge in [0, 0.05) is 46.8 Å². The fourth-order valence-corrected chi connectivity index (χ4v) is 12.0. The van der Waals surface area contributed by atoms with Crippen molar-refractivity contribution in [1.82, 2.24) is 0 Å². The average Bonchev–Trinajstić information content (AvgIpc) is 3.14. The van der Waals surface area contributed by atoms with Crippen molar-refractivity contribution in [3.05, 3.63) is 97.1 Å². The average molecular weight is 721 g/mol. The fraction of sp³-hybridized carbons (Fsp3) is 0.400. The van der Waals surface area contributed by atoms with Crippen molar-refractivity contribution in [2.45, 2.75) is 51.5 Å². The Morgan fingerprint density at radius 1 is 0.480 bits per heavy atom. The Hall–Kier alpha value is -3.22. The van der Waals surface area contributed by atoms with Gasteiger partial charge in [-0.15, -0.1) is 0 Å². The minimum absolute atomic E-state index is 0.419. The highest BCUT2D eigenvalue weighted by molar-refractivity contribution is 7.74. The summed E-state index contributed by atoms with van der Waals surface area (Å²) in [6.07, 6.45) is 0.366. The maximum atomic E-state index is 7.21. The molecule has 0 radical (unpaired) electrons. The lowest BCUT2D eigenvalue weighted by Crippen LogP contribution is -2.67. The molecule has 4 aromatic carbocycles. The van der Waals surface area contributed by atoms with Gasteiger partial charge in [-0.2, -0.15) is 0 Å². The summed E-state index contributed by atoms with van der Waals surface area (Å²) < 4.78 is 51.0. The van der Waals surface area contributed by atoms with Gasteiger partial charge >= 0.3 is 0 Å². The smallest absolute Gasteiger partial charge is 0.220 e. The molecule has 10 heteroatoms. The largest absolute Gasteiger partial charge is 0.496 e. The van der Waals surface area contributed by atoms with Crippen molar-refractivity contribution < 1.29 is 37.9 Å². The number of hydrogen-bond donors (Lipinski definition) is 0. The van der Waals surface area contributed by atoms with E-state index in [1.807, 2.05) is 76.2 Å². The maximum absolute atomic E-state index is 7.21. The van der Waals surface area contributed by atoms with E-state index in [0.717, 1.165) is 44.2 Å². The maximum Gasteiger partial charge on any atom is 0.220 e. The zero-order valence-electron chi connectivity index (χ0n) is 30.4. The molecule has 1 fully saturated rings. The molecule has 0 spiro atoms. The Balaban J connectivity index is 1.69. The summed E-state index contributed by atoms with van der Waals surface area (Å²) in [7, 11) is 4.68. The topological polar surface area (TPSA) is 73.8 Å². The second-order valence-electron chi connectivity index (χ2n) is 12.0. The summed E-state index contributed by atoms with van der Waals surface area (Å²) in [5.41, 5.74) is 0. The van der Waals surface area contributed by atoms with Crippen molar-refractivity contribution in [2.24, 2.45) is 0 Å². The van der Waals surface area contributed by atoms with Crippen molar-refractivity contribution in [2.75, 3.05) is 54.0 Å². The molecule has 268 valence electrons. The van der Waals surface area contributed by atoms with Crippen molar-refractivity contribution in [1.29, 1.82) is 0 Å². The predicted octanol–water partition coefficient (Wildman–Crippen LogP) is 6.58. The van der Waals surface area contributed by atoms with Gasteiger partial charge < -0.3 is 37.9 Å². The number of para-hydroxylation sites is 4. The Labute approximate surface area is 299 Å². The SMILES string of the molecule is CCO[C@]1(C)O[C@@H](CP(c2ccccc2OC)c2ccccc2OC)[C@H](CP(c2ccccc2OC)c2ccccc2OC)O[C@@]1(C)OCC. The molecule has 1 saturated heterocycles. The number of benzene rings is 4. The van der Waals surface area contributed by atoms with E-state index in [4.69, 9.17) is 37.9 Å². The van der Waals surface area contributed by atoms with Crippen LogP contribution in [0.5, 0.6) is 23.0 Å². The molecule has 0 aliphatic carbocycles. The van der Waals surface area contributed by atoms with E-state index < -0.39 is 39.6 Å². The molecule has 0 amide bonds. The summed E-state index contributed by atoms with van der Waals surface area (Å²) in [6, 6.07) is 32.8. The van der Waals surface area contributed by atoms with Crippen LogP contribution >= 0.6 is 15.8 Å². The van der Waals surface area contributed by atoms with Crippen LogP contribution in [-0.4, -0.2) is 77.8 Å². The predicted molar refractivity (Wildman–Crippen MR) is 204 cm³/mol. The highest BCUT2D eigenvalue weighted by atomic mass is 31.1. The molecule has 0 saturated carbocycles. The van der Waals surface area contributed by atoms with Crippen molar-refractivity contribution in [3.63, 3.8) is 0 Å². The number of rotatable bonds is 16. The molecule has 0 aromatic heterocycles. The van der Waals surface area contributed by atoms with E-state index in [9.17, 15) is 0 Å². The van der Waals surface area contributed by atoms with Crippen molar-refractivity contribution in [3.8, 4) is 23.0 Å². The molecule has 1 aliphatic rings. The lowest BCUT2D eigenvalue weighted by Gasteiger charge is -2.53. The second-order valence-corrected chi connectivity index (χ2v) is 16.3. The number of ether oxygens (including phenoxy) is 8. The van der Waals surface area contributed by atoms with Crippen molar-refractivity contribution >= 4 is 37.1 Å². The third kappa shape index (κ3) is 7.97. The molecule has 1 aliphatic heterocycles. The van der Waals surface area contributed by atoms with Gasteiger partial charge in [0.05, 0.1) is 40.6 Å². The number of methoxy groups -OCH3 is 4. The first-order valence-electron chi connectivity index (χ1n) is 17.0. The van der Waals surface area contributed by atoms with Gasteiger partial charge in [-0.25, -0.2) is 0 Å². The molecule has 0 N–H and O–H groups in total. The molecule has 1 heterocycles. The van der Waals surface area contributed by atoms with E-state index in [2.05, 4.69) is 48.5 Å². The lowest BCUT2D eigenvalue weighted by molar-refractivity contribution is -0.450. The standard InChI is InChI=1S/C40H50O8P2/c1-9-45-39(3)40(4,46-10-2)48-34(28-50(37-25-17-13-21-31(37)43-7)38-26-18-14-22-32(38)44-8)33(47-39)27-49(35-23-15-11-19-29(35)41-5)36-24-16-12-20-30(36)42-6/h11-26,33-34H,9-10,27-28H2,1-8H3/t33-,34-,39+,40+/m0/s1. The number of hydrogen-bond acceptors (Lipinski definition) is 8. The third-order valence-corrected chi connectivity index (χ3v) is 14.3. The van der Waals surface area contributed by atoms with Crippen LogP contribution in [-0.2, 0) is 18.9 Å². The van der Waals surface area contributed by atoms with E-state index >= 15 is 0 Å². The van der Waals surface area contributed by atoms with Gasteiger partial charge in [-0.3, -0.25) is 0 Å². The Bertz CT molecular complexity index is 1470. The third-order valence-electron chi connectivity index (χ3n) is 9.06. The molecule has 50 heavy (non-hydrogen) atoms. The Kier molecular flexibility index (Phi) is 13.2. The highest BCUT2D eigenvalue weighted by Crippen LogP contribution is 2.50. The van der Waals surface area contributed by atoms with E-state index in [1.54, 1.807) is 28.4 Å². The quantitative estimate of drug-likeness (QED) is 0.120. The molecule has 0 unspecified atom stereocenters. The Morgan fingerprint density at radius 2 is 0.740 bits per heavy atom. The molecule has 5 rings (SSSR count). The van der Waals surface area contributed by atoms with Crippen LogP contribution < -0.4 is 40.2 Å². The molecule has 4 atom stereocenters. The van der Waals surface area contributed by atoms with Crippen LogP contribution in [0.15, 0.2) is 97.1 Å². The summed E-state index contributed by atoms with van der Waals surface area (Å²) >= 11 is 0. The van der Waals surface area contributed by atoms with Gasteiger partial charge in [0.2, 0.25) is 11.6 Å². The minimum Gasteiger partial charge on any atom is -0.496 e. The summed E-state index contributed by atoms with van der Waals surface area (Å²) in [5.74, 6) is 0.868. The van der Waals surface area contributed by atoms with Crippen LogP contribution in [0.4, 0.5) is 0 Å². The summed E-state index contributed by atoms with van der Waals surface area (Å²) in [6.45, 7) is 8.61. The zero-order chi connectivity index (χ0) is 35.7. The monoisotopic (exact) mass is 720 g/mol. The highest BCUT2D eigenvalue weighted by Gasteiger charge is 2.58. The molecule has 4 aromatic rings. The van der Waals surface area contributed by atoms with Gasteiger partial charge in [0.25, 0.3) is 0 Å². The second kappa shape index (κ2) is 17.3. The van der Waals surface area contributed by atoms with Crippen LogP contribution in [0.3, 0.4) is 0 Å². The van der Waals surface area contributed by atoms with E-state index in [-0.39, 0.29) is 0 Å². The normalized spacial score (nSPS) is 22.0. The van der Waals surface area contributed by atoms with Gasteiger partial charge in [-0.05, 0) is 67.8 Å². The van der Waals surface area contributed by atoms with Crippen LogP contribution in [0.1, 0.15) is 27.7 Å². The molecular formula is C40H50O8P2. The van der Waals surface area contributed by atoms with E-state index in [0.29, 0.717) is 25.5 Å². The first kappa shape index (κ1) is 38.0. The first-order valence-corrected chi connectivity index (χ1v) is 20.0. The minimum atomic E-state index is -1.20. The van der Waals surface area contributed by atoms with Gasteiger partial charge in [-0.1, -0.05) is 72.8 Å². The lowest BCUT2D eigenvalue weighted by atomic mass is 10.0. The van der Waals surface area contributed by atoms with Gasteiger partial charge in [0.15, 0.2) is 0 Å².